The third-order valence-electron chi connectivity index (χ3n) is 5.22. The van der Waals surface area contributed by atoms with Gasteiger partial charge in [-0.2, -0.15) is 0 Å². The monoisotopic (exact) mass is 404 g/mol. The molecule has 0 aliphatic rings. The van der Waals surface area contributed by atoms with Gasteiger partial charge in [-0.25, -0.2) is 4.98 Å². The Morgan fingerprint density at radius 3 is 2.74 bits per heavy atom. The van der Waals surface area contributed by atoms with Crippen LogP contribution in [0.1, 0.15) is 55.1 Å². The molecule has 0 amide bonds. The molecule has 0 saturated carbocycles. The van der Waals surface area contributed by atoms with E-state index >= 15 is 0 Å². The van der Waals surface area contributed by atoms with Gasteiger partial charge in [-0.15, -0.1) is 11.3 Å². The molecule has 144 valence electrons. The van der Waals surface area contributed by atoms with Crippen molar-refractivity contribution in [2.24, 2.45) is 5.92 Å². The van der Waals surface area contributed by atoms with Crippen molar-refractivity contribution in [3.63, 3.8) is 0 Å². The summed E-state index contributed by atoms with van der Waals surface area (Å²) in [4.78, 5) is 22.5. The molecule has 2 atom stereocenters. The van der Waals surface area contributed by atoms with Crippen molar-refractivity contribution >= 4 is 33.2 Å². The maximum atomic E-state index is 12.7. The predicted molar refractivity (Wildman–Crippen MR) is 114 cm³/mol. The average molecular weight is 405 g/mol. The van der Waals surface area contributed by atoms with Crippen LogP contribution in [-0.2, 0) is 13.0 Å². The van der Waals surface area contributed by atoms with Gasteiger partial charge in [0, 0.05) is 15.5 Å². The number of thiophene rings is 1. The summed E-state index contributed by atoms with van der Waals surface area (Å²) in [6, 6.07) is 8.05. The lowest BCUT2D eigenvalue weighted by molar-refractivity contribution is -0.708. The minimum absolute atomic E-state index is 0.0172. The van der Waals surface area contributed by atoms with E-state index in [1.807, 2.05) is 24.3 Å². The Bertz CT molecular complexity index is 995. The number of quaternary nitrogens is 1. The zero-order valence-electron chi connectivity index (χ0n) is 16.3. The smallest absolute Gasteiger partial charge is 0.260 e. The zero-order valence-corrected chi connectivity index (χ0v) is 17.9. The molecule has 2 aromatic heterocycles. The molecule has 3 N–H and O–H groups in total. The minimum Gasteiger partial charge on any atom is -0.334 e. The number of benzene rings is 1. The summed E-state index contributed by atoms with van der Waals surface area (Å²) in [5.74, 6) is 1.27. The Labute approximate surface area is 169 Å². The molecule has 6 heteroatoms. The Morgan fingerprint density at radius 2 is 2.04 bits per heavy atom. The summed E-state index contributed by atoms with van der Waals surface area (Å²) >= 11 is 7.91. The fraction of sp³-hybridized carbons (Fsp3) is 0.429. The molecule has 0 spiro atoms. The number of aromatic amines is 1. The maximum absolute atomic E-state index is 12.7. The molecule has 3 rings (SSSR count). The van der Waals surface area contributed by atoms with Crippen LogP contribution in [-0.4, -0.2) is 9.97 Å². The van der Waals surface area contributed by atoms with E-state index in [0.29, 0.717) is 18.3 Å². The zero-order chi connectivity index (χ0) is 19.6. The minimum atomic E-state index is -0.0172. The highest BCUT2D eigenvalue weighted by Crippen LogP contribution is 2.29. The number of halogens is 1. The van der Waals surface area contributed by atoms with Crippen LogP contribution in [0.4, 0.5) is 0 Å². The maximum Gasteiger partial charge on any atom is 0.260 e. The fourth-order valence-corrected chi connectivity index (χ4v) is 4.69. The van der Waals surface area contributed by atoms with Crippen LogP contribution in [0.15, 0.2) is 29.1 Å². The molecule has 0 fully saturated rings. The molecule has 0 aliphatic carbocycles. The first-order valence-corrected chi connectivity index (χ1v) is 10.7. The van der Waals surface area contributed by atoms with Crippen molar-refractivity contribution in [2.45, 2.75) is 53.1 Å². The quantitative estimate of drug-likeness (QED) is 0.614. The standard InChI is InChI=1S/C21H26ClN3OS/c1-5-12(2)10-16-14(4)27-21-19(16)20(26)24-18(25-21)11-23-13(3)15-8-6-7-9-17(15)22/h6-9,12-13,23H,5,10-11H2,1-4H3,(H,24,25,26)/p+1/t12-,13+/m0/s1. The molecule has 0 unspecified atom stereocenters. The third-order valence-corrected chi connectivity index (χ3v) is 6.61. The number of hydrogen-bond donors (Lipinski definition) is 2. The van der Waals surface area contributed by atoms with Gasteiger partial charge in [0.05, 0.1) is 5.39 Å². The van der Waals surface area contributed by atoms with Gasteiger partial charge in [0.2, 0.25) is 0 Å². The summed E-state index contributed by atoms with van der Waals surface area (Å²) < 4.78 is 0. The van der Waals surface area contributed by atoms with E-state index < -0.39 is 0 Å². The molecule has 0 saturated heterocycles. The number of H-pyrrole nitrogens is 1. The average Bonchev–Trinajstić information content (AvgIpc) is 2.95. The second-order valence-electron chi connectivity index (χ2n) is 7.30. The van der Waals surface area contributed by atoms with Crippen molar-refractivity contribution in [3.8, 4) is 0 Å². The third kappa shape index (κ3) is 4.42. The fourth-order valence-electron chi connectivity index (χ4n) is 3.31. The first-order valence-electron chi connectivity index (χ1n) is 9.49. The lowest BCUT2D eigenvalue weighted by Gasteiger charge is -2.12. The van der Waals surface area contributed by atoms with Crippen molar-refractivity contribution < 1.29 is 5.32 Å². The number of fused-ring (bicyclic) bond motifs is 1. The Hall–Kier alpha value is -1.69. The molecular weight excluding hydrogens is 378 g/mol. The molecule has 2 heterocycles. The van der Waals surface area contributed by atoms with Gasteiger partial charge in [-0.1, -0.05) is 50.1 Å². The molecule has 1 aromatic carbocycles. The van der Waals surface area contributed by atoms with E-state index in [2.05, 4.69) is 38.0 Å². The van der Waals surface area contributed by atoms with Gasteiger partial charge in [-0.05, 0) is 37.8 Å². The lowest BCUT2D eigenvalue weighted by Crippen LogP contribution is -2.83. The predicted octanol–water partition coefficient (Wildman–Crippen LogP) is 4.36. The van der Waals surface area contributed by atoms with Gasteiger partial charge in [-0.3, -0.25) is 4.79 Å². The summed E-state index contributed by atoms with van der Waals surface area (Å²) in [5.41, 5.74) is 2.24. The Kier molecular flexibility index (Phi) is 6.35. The number of nitrogens with two attached hydrogens (primary N) is 1. The molecule has 3 aromatic rings. The Morgan fingerprint density at radius 1 is 1.30 bits per heavy atom. The van der Waals surface area contributed by atoms with Gasteiger partial charge in [0.1, 0.15) is 17.4 Å². The van der Waals surface area contributed by atoms with E-state index in [4.69, 9.17) is 16.6 Å². The SMILES string of the molecule is CC[C@H](C)Cc1c(C)sc2nc(C[NH2+][C@H](C)c3ccccc3Cl)[nH]c(=O)c12. The summed E-state index contributed by atoms with van der Waals surface area (Å²) in [7, 11) is 0. The van der Waals surface area contributed by atoms with E-state index in [-0.39, 0.29) is 11.6 Å². The summed E-state index contributed by atoms with van der Waals surface area (Å²) in [6.07, 6.45) is 2.04. The first-order chi connectivity index (χ1) is 12.9. The van der Waals surface area contributed by atoms with Crippen molar-refractivity contribution in [3.05, 3.63) is 61.5 Å². The summed E-state index contributed by atoms with van der Waals surface area (Å²) in [5, 5.41) is 3.69. The number of hydrogen-bond acceptors (Lipinski definition) is 3. The highest BCUT2D eigenvalue weighted by atomic mass is 35.5. The van der Waals surface area contributed by atoms with E-state index in [9.17, 15) is 4.79 Å². The largest absolute Gasteiger partial charge is 0.334 e. The van der Waals surface area contributed by atoms with Crippen LogP contribution >= 0.6 is 22.9 Å². The highest BCUT2D eigenvalue weighted by molar-refractivity contribution is 7.18. The lowest BCUT2D eigenvalue weighted by atomic mass is 9.98. The normalized spacial score (nSPS) is 13.8. The van der Waals surface area contributed by atoms with Gasteiger partial charge in [0.15, 0.2) is 5.82 Å². The second-order valence-corrected chi connectivity index (χ2v) is 8.91. The van der Waals surface area contributed by atoms with Crippen molar-refractivity contribution in [1.29, 1.82) is 0 Å². The van der Waals surface area contributed by atoms with Crippen LogP contribution in [0.2, 0.25) is 5.02 Å². The molecule has 0 bridgehead atoms. The van der Waals surface area contributed by atoms with Gasteiger partial charge < -0.3 is 10.3 Å². The first kappa shape index (κ1) is 20.1. The number of aromatic nitrogens is 2. The number of rotatable bonds is 7. The molecule has 4 nitrogen and oxygen atoms in total. The van der Waals surface area contributed by atoms with Crippen LogP contribution in [0.5, 0.6) is 0 Å². The molecular formula is C21H27ClN3OS+. The van der Waals surface area contributed by atoms with Crippen LogP contribution < -0.4 is 10.9 Å². The molecule has 0 radical (unpaired) electrons. The summed E-state index contributed by atoms with van der Waals surface area (Å²) in [6.45, 7) is 9.22. The van der Waals surface area contributed by atoms with Crippen molar-refractivity contribution in [2.75, 3.05) is 0 Å². The number of nitrogens with zero attached hydrogens (tertiary/aromatic N) is 1. The van der Waals surface area contributed by atoms with Crippen molar-refractivity contribution in [1.82, 2.24) is 9.97 Å². The van der Waals surface area contributed by atoms with E-state index in [0.717, 1.165) is 39.2 Å². The van der Waals surface area contributed by atoms with Crippen LogP contribution in [0, 0.1) is 12.8 Å². The van der Waals surface area contributed by atoms with Gasteiger partial charge >= 0.3 is 0 Å². The van der Waals surface area contributed by atoms with Crippen LogP contribution in [0.3, 0.4) is 0 Å². The molecule has 27 heavy (non-hydrogen) atoms. The number of aryl methyl sites for hydroxylation is 1. The Balaban J connectivity index is 1.83. The van der Waals surface area contributed by atoms with Gasteiger partial charge in [0.25, 0.3) is 5.56 Å². The van der Waals surface area contributed by atoms with Crippen LogP contribution in [0.25, 0.3) is 10.2 Å². The van der Waals surface area contributed by atoms with E-state index in [1.54, 1.807) is 11.3 Å². The second kappa shape index (κ2) is 8.55. The number of nitrogens with one attached hydrogen (secondary N) is 1. The molecule has 0 aliphatic heterocycles. The van der Waals surface area contributed by atoms with E-state index in [1.165, 1.54) is 4.88 Å². The highest BCUT2D eigenvalue weighted by Gasteiger charge is 2.18. The topological polar surface area (TPSA) is 62.4 Å².